The van der Waals surface area contributed by atoms with E-state index in [-0.39, 0.29) is 5.91 Å². The van der Waals surface area contributed by atoms with Gasteiger partial charge in [-0.3, -0.25) is 4.79 Å². The number of nitrogens with one attached hydrogen (secondary N) is 2. The molecule has 1 saturated carbocycles. The van der Waals surface area contributed by atoms with Crippen LogP contribution < -0.4 is 10.6 Å². The van der Waals surface area contributed by atoms with Crippen LogP contribution in [0.15, 0.2) is 48.7 Å². The number of aromatic nitrogens is 1. The molecule has 1 heterocycles. The van der Waals surface area contributed by atoms with Crippen LogP contribution in [0.2, 0.25) is 0 Å². The Bertz CT molecular complexity index is 666. The predicted molar refractivity (Wildman–Crippen MR) is 102 cm³/mol. The Morgan fingerprint density at radius 2 is 1.88 bits per heavy atom. The third-order valence-corrected chi connectivity index (χ3v) is 4.75. The van der Waals surface area contributed by atoms with E-state index in [0.29, 0.717) is 11.6 Å². The van der Waals surface area contributed by atoms with Crippen LogP contribution in [-0.4, -0.2) is 23.5 Å². The van der Waals surface area contributed by atoms with Crippen molar-refractivity contribution in [2.75, 3.05) is 11.9 Å². The minimum absolute atomic E-state index is 0.0154. The zero-order valence-electron chi connectivity index (χ0n) is 14.7. The number of hydrogen-bond donors (Lipinski definition) is 2. The summed E-state index contributed by atoms with van der Waals surface area (Å²) in [6.45, 7) is 0.843. The van der Waals surface area contributed by atoms with Gasteiger partial charge in [0.2, 0.25) is 0 Å². The summed E-state index contributed by atoms with van der Waals surface area (Å²) in [5, 5.41) is 6.48. The Morgan fingerprint density at radius 1 is 1.08 bits per heavy atom. The maximum atomic E-state index is 12.4. The molecule has 2 N–H and O–H groups in total. The summed E-state index contributed by atoms with van der Waals surface area (Å²) >= 11 is 0. The molecule has 4 nitrogen and oxygen atoms in total. The first kappa shape index (κ1) is 17.5. The van der Waals surface area contributed by atoms with Crippen LogP contribution >= 0.6 is 0 Å². The van der Waals surface area contributed by atoms with Gasteiger partial charge in [-0.2, -0.15) is 0 Å². The van der Waals surface area contributed by atoms with Gasteiger partial charge >= 0.3 is 0 Å². The average molecular weight is 337 g/mol. The molecule has 1 aliphatic rings. The summed E-state index contributed by atoms with van der Waals surface area (Å²) < 4.78 is 0. The molecule has 0 unspecified atom stereocenters. The summed E-state index contributed by atoms with van der Waals surface area (Å²) in [5.74, 6) is 0.783. The number of rotatable bonds is 7. The highest BCUT2D eigenvalue weighted by Crippen LogP contribution is 2.18. The van der Waals surface area contributed by atoms with E-state index in [2.05, 4.69) is 39.9 Å². The van der Waals surface area contributed by atoms with Gasteiger partial charge < -0.3 is 10.6 Å². The summed E-state index contributed by atoms with van der Waals surface area (Å²) in [6.07, 6.45) is 9.70. The number of pyridine rings is 1. The van der Waals surface area contributed by atoms with E-state index in [1.165, 1.54) is 24.8 Å². The Balaban J connectivity index is 1.46. The molecule has 1 amide bonds. The van der Waals surface area contributed by atoms with Gasteiger partial charge in [-0.05, 0) is 43.4 Å². The van der Waals surface area contributed by atoms with Gasteiger partial charge in [-0.1, -0.05) is 49.6 Å². The molecular weight excluding hydrogens is 310 g/mol. The average Bonchev–Trinajstić information content (AvgIpc) is 2.67. The molecule has 25 heavy (non-hydrogen) atoms. The first-order chi connectivity index (χ1) is 12.3. The number of anilines is 1. The normalized spacial score (nSPS) is 14.9. The Hall–Kier alpha value is -2.36. The van der Waals surface area contributed by atoms with E-state index < -0.39 is 0 Å². The molecular formula is C21H27N3O. The molecule has 3 rings (SSSR count). The van der Waals surface area contributed by atoms with Crippen LogP contribution in [0, 0.1) is 0 Å². The second-order valence-electron chi connectivity index (χ2n) is 6.75. The van der Waals surface area contributed by atoms with E-state index in [9.17, 15) is 4.79 Å². The third-order valence-electron chi connectivity index (χ3n) is 4.75. The first-order valence-corrected chi connectivity index (χ1v) is 9.36. The fourth-order valence-electron chi connectivity index (χ4n) is 3.34. The summed E-state index contributed by atoms with van der Waals surface area (Å²) in [6, 6.07) is 14.4. The second kappa shape index (κ2) is 9.21. The number of nitrogens with zero attached hydrogens (tertiary/aromatic N) is 1. The number of carbonyl (C=O) groups excluding carboxylic acids is 1. The standard InChI is InChI=1S/C21H27N3O/c25-21(24-19-11-5-2-6-12-19)18-13-15-23-20(16-18)22-14-7-10-17-8-3-1-4-9-17/h1,3-4,8-9,13,15-16,19H,2,5-7,10-12,14H2,(H,22,23)(H,24,25). The summed E-state index contributed by atoms with van der Waals surface area (Å²) in [4.78, 5) is 16.7. The molecule has 0 atom stereocenters. The van der Waals surface area contributed by atoms with Gasteiger partial charge in [0.1, 0.15) is 5.82 Å². The Kier molecular flexibility index (Phi) is 6.43. The zero-order valence-corrected chi connectivity index (χ0v) is 14.7. The largest absolute Gasteiger partial charge is 0.370 e. The quantitative estimate of drug-likeness (QED) is 0.745. The van der Waals surface area contributed by atoms with Crippen LogP contribution in [0.25, 0.3) is 0 Å². The van der Waals surface area contributed by atoms with E-state index in [1.54, 1.807) is 12.3 Å². The third kappa shape index (κ3) is 5.59. The number of amides is 1. The fraction of sp³-hybridized carbons (Fsp3) is 0.429. The predicted octanol–water partition coefficient (Wildman–Crippen LogP) is 4.19. The zero-order chi connectivity index (χ0) is 17.3. The number of benzene rings is 1. The number of hydrogen-bond acceptors (Lipinski definition) is 3. The topological polar surface area (TPSA) is 54.0 Å². The molecule has 2 aromatic rings. The minimum atomic E-state index is 0.0154. The van der Waals surface area contributed by atoms with Crippen molar-refractivity contribution in [1.82, 2.24) is 10.3 Å². The molecule has 0 aliphatic heterocycles. The molecule has 1 fully saturated rings. The summed E-state index contributed by atoms with van der Waals surface area (Å²) in [5.41, 5.74) is 2.03. The van der Waals surface area contributed by atoms with Crippen LogP contribution in [0.4, 0.5) is 5.82 Å². The van der Waals surface area contributed by atoms with Gasteiger partial charge in [0.25, 0.3) is 5.91 Å². The van der Waals surface area contributed by atoms with Crippen molar-refractivity contribution in [3.63, 3.8) is 0 Å². The van der Waals surface area contributed by atoms with E-state index in [0.717, 1.165) is 38.0 Å². The molecule has 0 bridgehead atoms. The first-order valence-electron chi connectivity index (χ1n) is 9.36. The fourth-order valence-corrected chi connectivity index (χ4v) is 3.34. The van der Waals surface area contributed by atoms with Crippen molar-refractivity contribution in [2.24, 2.45) is 0 Å². The van der Waals surface area contributed by atoms with Crippen molar-refractivity contribution >= 4 is 11.7 Å². The van der Waals surface area contributed by atoms with Crippen LogP contribution in [0.5, 0.6) is 0 Å². The molecule has 0 radical (unpaired) electrons. The van der Waals surface area contributed by atoms with Gasteiger partial charge in [-0.25, -0.2) is 4.98 Å². The lowest BCUT2D eigenvalue weighted by Gasteiger charge is -2.22. The number of carbonyl (C=O) groups is 1. The lowest BCUT2D eigenvalue weighted by atomic mass is 9.95. The van der Waals surface area contributed by atoms with Crippen molar-refractivity contribution in [1.29, 1.82) is 0 Å². The highest BCUT2D eigenvalue weighted by molar-refractivity contribution is 5.95. The summed E-state index contributed by atoms with van der Waals surface area (Å²) in [7, 11) is 0. The van der Waals surface area contributed by atoms with E-state index in [4.69, 9.17) is 0 Å². The van der Waals surface area contributed by atoms with Gasteiger partial charge in [-0.15, -0.1) is 0 Å². The molecule has 1 aromatic heterocycles. The molecule has 1 aliphatic carbocycles. The number of aryl methyl sites for hydroxylation is 1. The minimum Gasteiger partial charge on any atom is -0.370 e. The molecule has 0 spiro atoms. The maximum Gasteiger partial charge on any atom is 0.251 e. The van der Waals surface area contributed by atoms with Crippen molar-refractivity contribution < 1.29 is 4.79 Å². The lowest BCUT2D eigenvalue weighted by molar-refractivity contribution is 0.0927. The van der Waals surface area contributed by atoms with Crippen LogP contribution in [-0.2, 0) is 6.42 Å². The second-order valence-corrected chi connectivity index (χ2v) is 6.75. The SMILES string of the molecule is O=C(NC1CCCCC1)c1ccnc(NCCCc2ccccc2)c1. The van der Waals surface area contributed by atoms with Gasteiger partial charge in [0.15, 0.2) is 0 Å². The molecule has 0 saturated heterocycles. The van der Waals surface area contributed by atoms with E-state index >= 15 is 0 Å². The van der Waals surface area contributed by atoms with Gasteiger partial charge in [0, 0.05) is 24.3 Å². The highest BCUT2D eigenvalue weighted by Gasteiger charge is 2.16. The van der Waals surface area contributed by atoms with Crippen LogP contribution in [0.3, 0.4) is 0 Å². The molecule has 1 aromatic carbocycles. The van der Waals surface area contributed by atoms with Crippen molar-refractivity contribution in [3.8, 4) is 0 Å². The van der Waals surface area contributed by atoms with Crippen LogP contribution in [0.1, 0.15) is 54.4 Å². The smallest absolute Gasteiger partial charge is 0.251 e. The van der Waals surface area contributed by atoms with Crippen molar-refractivity contribution in [2.45, 2.75) is 51.0 Å². The van der Waals surface area contributed by atoms with Gasteiger partial charge in [0.05, 0.1) is 0 Å². The Labute approximate surface area is 150 Å². The highest BCUT2D eigenvalue weighted by atomic mass is 16.1. The maximum absolute atomic E-state index is 12.4. The molecule has 132 valence electrons. The monoisotopic (exact) mass is 337 g/mol. The molecule has 4 heteroatoms. The van der Waals surface area contributed by atoms with Crippen molar-refractivity contribution in [3.05, 3.63) is 59.8 Å². The Morgan fingerprint density at radius 3 is 2.68 bits per heavy atom. The van der Waals surface area contributed by atoms with E-state index in [1.807, 2.05) is 12.1 Å². The lowest BCUT2D eigenvalue weighted by Crippen LogP contribution is -2.36.